The molecule has 0 radical (unpaired) electrons. The van der Waals surface area contributed by atoms with Crippen LogP contribution in [0.4, 0.5) is 0 Å². The molecule has 2 aromatic carbocycles. The summed E-state index contributed by atoms with van der Waals surface area (Å²) in [7, 11) is 0. The van der Waals surface area contributed by atoms with Crippen LogP contribution >= 0.6 is 11.8 Å². The minimum atomic E-state index is -0.219. The second kappa shape index (κ2) is 6.82. The Morgan fingerprint density at radius 2 is 2.08 bits per heavy atom. The van der Waals surface area contributed by atoms with Gasteiger partial charge in [-0.3, -0.25) is 4.79 Å². The van der Waals surface area contributed by atoms with Crippen LogP contribution in [0.15, 0.2) is 69.5 Å². The van der Waals surface area contributed by atoms with Crippen molar-refractivity contribution in [1.82, 2.24) is 15.4 Å². The van der Waals surface area contributed by atoms with E-state index in [-0.39, 0.29) is 11.7 Å². The van der Waals surface area contributed by atoms with Gasteiger partial charge in [-0.15, -0.1) is 0 Å². The smallest absolute Gasteiger partial charge is 0.257 e. The molecule has 124 valence electrons. The number of hydrogen-bond acceptors (Lipinski definition) is 5. The molecule has 25 heavy (non-hydrogen) atoms. The summed E-state index contributed by atoms with van der Waals surface area (Å²) in [5.41, 5.74) is 5.96. The van der Waals surface area contributed by atoms with E-state index in [0.29, 0.717) is 10.8 Å². The highest BCUT2D eigenvalue weighted by molar-refractivity contribution is 7.99. The van der Waals surface area contributed by atoms with E-state index in [4.69, 9.17) is 4.42 Å². The van der Waals surface area contributed by atoms with Crippen molar-refractivity contribution in [1.29, 1.82) is 0 Å². The number of aromatic amines is 1. The first-order chi connectivity index (χ1) is 12.3. The first kappa shape index (κ1) is 15.5. The minimum absolute atomic E-state index is 0.179. The number of H-pyrrole nitrogens is 1. The molecule has 0 spiro atoms. The molecule has 2 heterocycles. The number of nitrogens with zero attached hydrogens (tertiary/aromatic N) is 2. The van der Waals surface area contributed by atoms with Crippen LogP contribution in [0.5, 0.6) is 0 Å². The van der Waals surface area contributed by atoms with Gasteiger partial charge < -0.3 is 9.40 Å². The van der Waals surface area contributed by atoms with Crippen LogP contribution in [0.25, 0.3) is 22.0 Å². The van der Waals surface area contributed by atoms with Crippen molar-refractivity contribution in [3.63, 3.8) is 0 Å². The third-order valence-electron chi connectivity index (χ3n) is 3.62. The number of carbonyl (C=O) groups excluding carboxylic acids is 1. The van der Waals surface area contributed by atoms with Gasteiger partial charge in [0, 0.05) is 22.7 Å². The molecule has 0 aliphatic heterocycles. The zero-order valence-electron chi connectivity index (χ0n) is 13.1. The Hall–Kier alpha value is -3.06. The molecule has 1 amide bonds. The molecule has 0 fully saturated rings. The average molecular weight is 350 g/mol. The summed E-state index contributed by atoms with van der Waals surface area (Å²) in [5, 5.41) is 5.54. The molecule has 0 saturated heterocycles. The van der Waals surface area contributed by atoms with Crippen molar-refractivity contribution >= 4 is 45.9 Å². The summed E-state index contributed by atoms with van der Waals surface area (Å²) in [6, 6.07) is 15.4. The molecule has 7 heteroatoms. The van der Waals surface area contributed by atoms with Gasteiger partial charge in [-0.2, -0.15) is 5.10 Å². The number of para-hydroxylation sites is 3. The van der Waals surface area contributed by atoms with Crippen LogP contribution < -0.4 is 5.43 Å². The summed E-state index contributed by atoms with van der Waals surface area (Å²) >= 11 is 1.23. The predicted octanol–water partition coefficient (Wildman–Crippen LogP) is 3.55. The number of aromatic nitrogens is 2. The topological polar surface area (TPSA) is 83.3 Å². The zero-order chi connectivity index (χ0) is 17.1. The molecule has 4 aromatic rings. The Labute approximate surface area is 147 Å². The normalized spacial score (nSPS) is 11.5. The number of nitrogens with one attached hydrogen (secondary N) is 2. The summed E-state index contributed by atoms with van der Waals surface area (Å²) < 4.78 is 5.56. The maximum atomic E-state index is 11.9. The van der Waals surface area contributed by atoms with Crippen molar-refractivity contribution in [2.45, 2.75) is 5.22 Å². The maximum Gasteiger partial charge on any atom is 0.257 e. The van der Waals surface area contributed by atoms with Gasteiger partial charge in [-0.05, 0) is 18.2 Å². The quantitative estimate of drug-likeness (QED) is 0.327. The summed E-state index contributed by atoms with van der Waals surface area (Å²) in [6.45, 7) is 0. The van der Waals surface area contributed by atoms with Gasteiger partial charge in [0.2, 0.25) is 0 Å². The summed E-state index contributed by atoms with van der Waals surface area (Å²) in [5.74, 6) is -0.0405. The largest absolute Gasteiger partial charge is 0.431 e. The molecule has 0 saturated carbocycles. The second-order valence-corrected chi connectivity index (χ2v) is 6.25. The van der Waals surface area contributed by atoms with E-state index < -0.39 is 0 Å². The average Bonchev–Trinajstić information content (AvgIpc) is 3.24. The molecule has 2 N–H and O–H groups in total. The fourth-order valence-electron chi connectivity index (χ4n) is 2.45. The van der Waals surface area contributed by atoms with Gasteiger partial charge >= 0.3 is 0 Å². The molecule has 6 nitrogen and oxygen atoms in total. The van der Waals surface area contributed by atoms with Crippen LogP contribution in [0.3, 0.4) is 0 Å². The molecule has 0 aliphatic rings. The number of fused-ring (bicyclic) bond motifs is 2. The van der Waals surface area contributed by atoms with Crippen LogP contribution in [-0.2, 0) is 4.79 Å². The zero-order valence-corrected chi connectivity index (χ0v) is 13.9. The molecule has 2 aromatic heterocycles. The first-order valence-electron chi connectivity index (χ1n) is 7.66. The third kappa shape index (κ3) is 3.41. The van der Waals surface area contributed by atoms with Crippen LogP contribution in [0.2, 0.25) is 0 Å². The highest BCUT2D eigenvalue weighted by Crippen LogP contribution is 2.22. The number of carbonyl (C=O) groups is 1. The summed E-state index contributed by atoms with van der Waals surface area (Å²) in [4.78, 5) is 19.4. The summed E-state index contributed by atoms with van der Waals surface area (Å²) in [6.07, 6.45) is 3.48. The van der Waals surface area contributed by atoms with Gasteiger partial charge in [0.05, 0.1) is 12.0 Å². The number of rotatable bonds is 5. The number of hydrazone groups is 1. The Morgan fingerprint density at radius 1 is 1.24 bits per heavy atom. The van der Waals surface area contributed by atoms with Crippen LogP contribution in [0.1, 0.15) is 5.56 Å². The van der Waals surface area contributed by atoms with Crippen molar-refractivity contribution in [2.75, 3.05) is 5.75 Å². The van der Waals surface area contributed by atoms with E-state index in [2.05, 4.69) is 20.5 Å². The van der Waals surface area contributed by atoms with E-state index in [1.54, 1.807) is 6.21 Å². The molecular formula is C18H14N4O2S. The second-order valence-electron chi connectivity index (χ2n) is 5.32. The predicted molar refractivity (Wildman–Crippen MR) is 98.8 cm³/mol. The third-order valence-corrected chi connectivity index (χ3v) is 4.44. The molecular weight excluding hydrogens is 336 g/mol. The van der Waals surface area contributed by atoms with Crippen molar-refractivity contribution in [3.05, 3.63) is 60.3 Å². The monoisotopic (exact) mass is 350 g/mol. The lowest BCUT2D eigenvalue weighted by Gasteiger charge is -1.97. The van der Waals surface area contributed by atoms with E-state index in [1.807, 2.05) is 54.7 Å². The maximum absolute atomic E-state index is 11.9. The number of hydrogen-bond donors (Lipinski definition) is 2. The fraction of sp³-hybridized carbons (Fsp3) is 0.0556. The van der Waals surface area contributed by atoms with E-state index in [0.717, 1.165) is 22.0 Å². The first-order valence-corrected chi connectivity index (χ1v) is 8.64. The van der Waals surface area contributed by atoms with Crippen molar-refractivity contribution in [3.8, 4) is 0 Å². The van der Waals surface area contributed by atoms with Gasteiger partial charge in [-0.25, -0.2) is 10.4 Å². The Morgan fingerprint density at radius 3 is 3.00 bits per heavy atom. The lowest BCUT2D eigenvalue weighted by molar-refractivity contribution is -0.118. The number of benzene rings is 2. The van der Waals surface area contributed by atoms with E-state index in [9.17, 15) is 4.79 Å². The number of oxazole rings is 1. The number of amides is 1. The Bertz CT molecular complexity index is 1030. The highest BCUT2D eigenvalue weighted by Gasteiger charge is 2.08. The molecule has 0 atom stereocenters. The van der Waals surface area contributed by atoms with Crippen molar-refractivity contribution in [2.24, 2.45) is 5.10 Å². The lowest BCUT2D eigenvalue weighted by atomic mass is 10.2. The van der Waals surface area contributed by atoms with Crippen LogP contribution in [-0.4, -0.2) is 27.8 Å². The minimum Gasteiger partial charge on any atom is -0.431 e. The highest BCUT2D eigenvalue weighted by atomic mass is 32.2. The molecule has 0 aliphatic carbocycles. The Balaban J connectivity index is 1.34. The van der Waals surface area contributed by atoms with E-state index >= 15 is 0 Å². The van der Waals surface area contributed by atoms with E-state index in [1.165, 1.54) is 11.8 Å². The number of thioether (sulfide) groups is 1. The Kier molecular flexibility index (Phi) is 4.22. The SMILES string of the molecule is O=C(CSc1nc2ccccc2o1)N/N=C/c1c[nH]c2ccccc12. The standard InChI is InChI=1S/C18H14N4O2S/c23-17(11-25-18-21-15-7-3-4-8-16(15)24-18)22-20-10-12-9-19-14-6-2-1-5-13(12)14/h1-10,19H,11H2,(H,22,23)/b20-10+. The van der Waals surface area contributed by atoms with Gasteiger partial charge in [0.25, 0.3) is 11.1 Å². The molecule has 0 unspecified atom stereocenters. The van der Waals surface area contributed by atoms with Gasteiger partial charge in [-0.1, -0.05) is 42.1 Å². The van der Waals surface area contributed by atoms with Gasteiger partial charge in [0.15, 0.2) is 5.58 Å². The fourth-order valence-corrected chi connectivity index (χ4v) is 3.08. The van der Waals surface area contributed by atoms with Crippen molar-refractivity contribution < 1.29 is 9.21 Å². The molecule has 4 rings (SSSR count). The van der Waals surface area contributed by atoms with Crippen LogP contribution in [0, 0.1) is 0 Å². The van der Waals surface area contributed by atoms with Gasteiger partial charge in [0.1, 0.15) is 5.52 Å². The lowest BCUT2D eigenvalue weighted by Crippen LogP contribution is -2.19. The molecule has 0 bridgehead atoms.